The normalized spacial score (nSPS) is 10.2. The van der Waals surface area contributed by atoms with Crippen LogP contribution in [0.1, 0.15) is 5.56 Å². The first kappa shape index (κ1) is 9.71. The molecule has 0 unspecified atom stereocenters. The van der Waals surface area contributed by atoms with Crippen LogP contribution in [0.2, 0.25) is 0 Å². The summed E-state index contributed by atoms with van der Waals surface area (Å²) in [5, 5.41) is 3.25. The zero-order chi connectivity index (χ0) is 10.5. The number of hydrogen-bond donors (Lipinski definition) is 1. The van der Waals surface area contributed by atoms with Crippen LogP contribution in [0.5, 0.6) is 0 Å². The molecular weight excluding hydrogens is 188 g/mol. The van der Waals surface area contributed by atoms with Crippen LogP contribution in [0.3, 0.4) is 0 Å². The summed E-state index contributed by atoms with van der Waals surface area (Å²) in [6, 6.07) is 4.04. The summed E-state index contributed by atoms with van der Waals surface area (Å²) < 4.78 is 2.03. The van der Waals surface area contributed by atoms with E-state index in [1.165, 1.54) is 5.56 Å². The largest absolute Gasteiger partial charge is 0.368 e. The Morgan fingerprint density at radius 1 is 1.40 bits per heavy atom. The van der Waals surface area contributed by atoms with Crippen LogP contribution >= 0.6 is 0 Å². The quantitative estimate of drug-likeness (QED) is 0.820. The molecule has 0 bridgehead atoms. The van der Waals surface area contributed by atoms with E-state index in [-0.39, 0.29) is 0 Å². The van der Waals surface area contributed by atoms with Gasteiger partial charge in [0.05, 0.1) is 6.33 Å². The Labute approximate surface area is 89.0 Å². The smallest absolute Gasteiger partial charge is 0.125 e. The minimum absolute atomic E-state index is 0.854. The molecule has 0 radical (unpaired) electrons. The molecular formula is C11H14N4. The van der Waals surface area contributed by atoms with Gasteiger partial charge in [0.2, 0.25) is 0 Å². The van der Waals surface area contributed by atoms with Gasteiger partial charge in [0.25, 0.3) is 0 Å². The Balaban J connectivity index is 1.81. The van der Waals surface area contributed by atoms with Crippen LogP contribution < -0.4 is 5.32 Å². The molecule has 2 aromatic rings. The molecule has 78 valence electrons. The van der Waals surface area contributed by atoms with Crippen LogP contribution in [0.15, 0.2) is 37.1 Å². The number of nitrogens with one attached hydrogen (secondary N) is 1. The van der Waals surface area contributed by atoms with Gasteiger partial charge in [-0.25, -0.2) is 9.97 Å². The zero-order valence-electron chi connectivity index (χ0n) is 8.72. The average Bonchev–Trinajstić information content (AvgIpc) is 2.74. The standard InChI is InChI=1S/C11H14N4/c1-10-2-3-11(14-8-10)13-5-7-15-6-4-12-9-15/h2-4,6,8-9H,5,7H2,1H3,(H,13,14). The number of nitrogens with zero attached hydrogens (tertiary/aromatic N) is 3. The predicted molar refractivity (Wildman–Crippen MR) is 59.7 cm³/mol. The summed E-state index contributed by atoms with van der Waals surface area (Å²) in [5.41, 5.74) is 1.18. The first-order valence-corrected chi connectivity index (χ1v) is 4.97. The fraction of sp³-hybridized carbons (Fsp3) is 0.273. The van der Waals surface area contributed by atoms with Crippen molar-refractivity contribution >= 4 is 5.82 Å². The van der Waals surface area contributed by atoms with Gasteiger partial charge < -0.3 is 9.88 Å². The van der Waals surface area contributed by atoms with Gasteiger partial charge in [-0.3, -0.25) is 0 Å². The predicted octanol–water partition coefficient (Wildman–Crippen LogP) is 1.70. The summed E-state index contributed by atoms with van der Waals surface area (Å²) in [4.78, 5) is 8.24. The van der Waals surface area contributed by atoms with E-state index in [0.29, 0.717) is 0 Å². The van der Waals surface area contributed by atoms with Gasteiger partial charge in [-0.1, -0.05) is 6.07 Å². The third-order valence-electron chi connectivity index (χ3n) is 2.15. The van der Waals surface area contributed by atoms with E-state index in [4.69, 9.17) is 0 Å². The molecule has 4 heteroatoms. The van der Waals surface area contributed by atoms with E-state index in [2.05, 4.69) is 15.3 Å². The number of anilines is 1. The van der Waals surface area contributed by atoms with Crippen molar-refractivity contribution in [3.05, 3.63) is 42.6 Å². The van der Waals surface area contributed by atoms with Gasteiger partial charge in [-0.2, -0.15) is 0 Å². The lowest BCUT2D eigenvalue weighted by molar-refractivity contribution is 0.725. The minimum atomic E-state index is 0.854. The van der Waals surface area contributed by atoms with Crippen molar-refractivity contribution in [3.8, 4) is 0 Å². The molecule has 0 aliphatic carbocycles. The van der Waals surface area contributed by atoms with E-state index in [9.17, 15) is 0 Å². The van der Waals surface area contributed by atoms with Gasteiger partial charge >= 0.3 is 0 Å². The van der Waals surface area contributed by atoms with Crippen molar-refractivity contribution in [2.24, 2.45) is 0 Å². The molecule has 0 saturated heterocycles. The fourth-order valence-corrected chi connectivity index (χ4v) is 1.30. The fourth-order valence-electron chi connectivity index (χ4n) is 1.30. The van der Waals surface area contributed by atoms with Crippen LogP contribution in [-0.2, 0) is 6.54 Å². The molecule has 0 aliphatic rings. The van der Waals surface area contributed by atoms with Gasteiger partial charge in [0, 0.05) is 31.7 Å². The Bertz CT molecular complexity index is 391. The zero-order valence-corrected chi connectivity index (χ0v) is 8.72. The Kier molecular flexibility index (Phi) is 2.97. The molecule has 0 spiro atoms. The summed E-state index contributed by atoms with van der Waals surface area (Å²) in [6.07, 6.45) is 7.40. The average molecular weight is 202 g/mol. The molecule has 15 heavy (non-hydrogen) atoms. The highest BCUT2D eigenvalue weighted by Crippen LogP contribution is 2.03. The molecule has 0 saturated carbocycles. The summed E-state index contributed by atoms with van der Waals surface area (Å²) in [5.74, 6) is 0.917. The highest BCUT2D eigenvalue weighted by atomic mass is 15.1. The summed E-state index contributed by atoms with van der Waals surface area (Å²) in [6.45, 7) is 3.78. The number of aromatic nitrogens is 3. The molecule has 1 N–H and O–H groups in total. The molecule has 2 heterocycles. The lowest BCUT2D eigenvalue weighted by Crippen LogP contribution is -2.09. The lowest BCUT2D eigenvalue weighted by Gasteiger charge is -2.05. The Morgan fingerprint density at radius 3 is 3.00 bits per heavy atom. The van der Waals surface area contributed by atoms with E-state index in [1.807, 2.05) is 42.3 Å². The maximum atomic E-state index is 4.26. The molecule has 0 aliphatic heterocycles. The highest BCUT2D eigenvalue weighted by molar-refractivity contribution is 5.34. The van der Waals surface area contributed by atoms with Gasteiger partial charge in [0.1, 0.15) is 5.82 Å². The van der Waals surface area contributed by atoms with E-state index >= 15 is 0 Å². The number of imidazole rings is 1. The van der Waals surface area contributed by atoms with Crippen molar-refractivity contribution < 1.29 is 0 Å². The highest BCUT2D eigenvalue weighted by Gasteiger charge is 1.93. The van der Waals surface area contributed by atoms with Crippen molar-refractivity contribution in [2.75, 3.05) is 11.9 Å². The van der Waals surface area contributed by atoms with E-state index in [0.717, 1.165) is 18.9 Å². The number of pyridine rings is 1. The summed E-state index contributed by atoms with van der Waals surface area (Å²) in [7, 11) is 0. The third kappa shape index (κ3) is 2.80. The Hall–Kier alpha value is -1.84. The van der Waals surface area contributed by atoms with Crippen molar-refractivity contribution in [3.63, 3.8) is 0 Å². The second-order valence-electron chi connectivity index (χ2n) is 3.45. The first-order valence-electron chi connectivity index (χ1n) is 4.97. The van der Waals surface area contributed by atoms with Gasteiger partial charge in [-0.05, 0) is 18.6 Å². The molecule has 0 fully saturated rings. The molecule has 2 rings (SSSR count). The van der Waals surface area contributed by atoms with E-state index in [1.54, 1.807) is 6.20 Å². The number of rotatable bonds is 4. The summed E-state index contributed by atoms with van der Waals surface area (Å²) >= 11 is 0. The van der Waals surface area contributed by atoms with Crippen LogP contribution in [0, 0.1) is 6.92 Å². The van der Waals surface area contributed by atoms with Gasteiger partial charge in [-0.15, -0.1) is 0 Å². The maximum absolute atomic E-state index is 4.26. The maximum Gasteiger partial charge on any atom is 0.125 e. The molecule has 4 nitrogen and oxygen atoms in total. The topological polar surface area (TPSA) is 42.7 Å². The minimum Gasteiger partial charge on any atom is -0.368 e. The first-order chi connectivity index (χ1) is 7.34. The van der Waals surface area contributed by atoms with Crippen LogP contribution in [-0.4, -0.2) is 21.1 Å². The van der Waals surface area contributed by atoms with Crippen molar-refractivity contribution in [2.45, 2.75) is 13.5 Å². The SMILES string of the molecule is Cc1ccc(NCCn2ccnc2)nc1. The number of hydrogen-bond acceptors (Lipinski definition) is 3. The molecule has 0 atom stereocenters. The second-order valence-corrected chi connectivity index (χ2v) is 3.45. The lowest BCUT2D eigenvalue weighted by atomic mass is 10.3. The Morgan fingerprint density at radius 2 is 2.33 bits per heavy atom. The molecule has 0 aromatic carbocycles. The van der Waals surface area contributed by atoms with Crippen LogP contribution in [0.25, 0.3) is 0 Å². The monoisotopic (exact) mass is 202 g/mol. The third-order valence-corrected chi connectivity index (χ3v) is 2.15. The second kappa shape index (κ2) is 4.59. The molecule has 2 aromatic heterocycles. The van der Waals surface area contributed by atoms with E-state index < -0.39 is 0 Å². The number of aryl methyl sites for hydroxylation is 1. The van der Waals surface area contributed by atoms with Crippen LogP contribution in [0.4, 0.5) is 5.82 Å². The van der Waals surface area contributed by atoms with Crippen molar-refractivity contribution in [1.82, 2.24) is 14.5 Å². The molecule has 0 amide bonds. The van der Waals surface area contributed by atoms with Crippen molar-refractivity contribution in [1.29, 1.82) is 0 Å². The van der Waals surface area contributed by atoms with Gasteiger partial charge in [0.15, 0.2) is 0 Å².